The molecule has 3 aromatic rings. The van der Waals surface area contributed by atoms with Gasteiger partial charge in [-0.2, -0.15) is 5.10 Å². The molecule has 5 nitrogen and oxygen atoms in total. The van der Waals surface area contributed by atoms with E-state index in [1.54, 1.807) is 31.3 Å². The Morgan fingerprint density at radius 3 is 2.72 bits per heavy atom. The monoisotopic (exact) mass is 353 g/mol. The molecular weight excluding hydrogens is 338 g/mol. The molecule has 3 rings (SSSR count). The van der Waals surface area contributed by atoms with Crippen molar-refractivity contribution in [2.75, 3.05) is 6.61 Å². The summed E-state index contributed by atoms with van der Waals surface area (Å²) in [4.78, 5) is 16.3. The van der Waals surface area contributed by atoms with E-state index >= 15 is 0 Å². The summed E-state index contributed by atoms with van der Waals surface area (Å²) in [5, 5.41) is 4.76. The molecule has 0 saturated heterocycles. The summed E-state index contributed by atoms with van der Waals surface area (Å²) in [7, 11) is 0. The van der Waals surface area contributed by atoms with E-state index < -0.39 is 5.97 Å². The number of carbonyl (C=O) groups excluding carboxylic acids is 1. The van der Waals surface area contributed by atoms with Gasteiger partial charge in [0.25, 0.3) is 0 Å². The highest BCUT2D eigenvalue weighted by Gasteiger charge is 2.17. The zero-order valence-electron chi connectivity index (χ0n) is 13.6. The Bertz CT molecular complexity index is 904. The van der Waals surface area contributed by atoms with Gasteiger partial charge in [0.15, 0.2) is 11.5 Å². The summed E-state index contributed by atoms with van der Waals surface area (Å²) in [6, 6.07) is 14.9. The number of pyridine rings is 1. The Kier molecular flexibility index (Phi) is 5.26. The maximum Gasteiger partial charge on any atom is 0.358 e. The van der Waals surface area contributed by atoms with Crippen LogP contribution >= 0.6 is 11.6 Å². The fraction of sp³-hybridized carbons (Fsp3) is 0.105. The van der Waals surface area contributed by atoms with Gasteiger partial charge in [-0.1, -0.05) is 48.0 Å². The van der Waals surface area contributed by atoms with Crippen LogP contribution in [-0.4, -0.2) is 27.3 Å². The number of esters is 1. The van der Waals surface area contributed by atoms with E-state index in [1.165, 1.54) is 4.68 Å². The molecule has 0 saturated carbocycles. The van der Waals surface area contributed by atoms with E-state index in [1.807, 2.05) is 42.5 Å². The first-order chi connectivity index (χ1) is 12.2. The lowest BCUT2D eigenvalue weighted by atomic mass is 10.2. The molecular formula is C19H16ClN3O2. The van der Waals surface area contributed by atoms with Crippen molar-refractivity contribution < 1.29 is 9.53 Å². The lowest BCUT2D eigenvalue weighted by molar-refractivity contribution is 0.0519. The fourth-order valence-electron chi connectivity index (χ4n) is 2.27. The van der Waals surface area contributed by atoms with E-state index in [-0.39, 0.29) is 12.3 Å². The molecule has 25 heavy (non-hydrogen) atoms. The topological polar surface area (TPSA) is 57.0 Å². The van der Waals surface area contributed by atoms with Gasteiger partial charge in [0, 0.05) is 6.20 Å². The number of hydrogen-bond donors (Lipinski definition) is 0. The fourth-order valence-corrected chi connectivity index (χ4v) is 2.47. The highest BCUT2D eigenvalue weighted by molar-refractivity contribution is 6.32. The summed E-state index contributed by atoms with van der Waals surface area (Å²) < 4.78 is 6.57. The van der Waals surface area contributed by atoms with Crippen LogP contribution in [0.1, 0.15) is 28.7 Å². The standard InChI is InChI=1S/C19H16ClN3O2/c1-2-25-19(24)17-13-15(11-10-14-7-4-3-5-8-14)23(22-17)18-16(20)9-6-12-21-18/h3-13H,2H2,1H3. The number of rotatable bonds is 5. The molecule has 126 valence electrons. The van der Waals surface area contributed by atoms with E-state index in [0.717, 1.165) is 5.56 Å². The molecule has 2 aromatic heterocycles. The molecule has 0 aliphatic rings. The molecule has 0 aliphatic heterocycles. The summed E-state index contributed by atoms with van der Waals surface area (Å²) in [6.07, 6.45) is 5.41. The van der Waals surface area contributed by atoms with Crippen LogP contribution in [0, 0.1) is 0 Å². The molecule has 0 amide bonds. The van der Waals surface area contributed by atoms with Gasteiger partial charge in [0.2, 0.25) is 0 Å². The second-order valence-electron chi connectivity index (χ2n) is 5.14. The Labute approximate surface area is 150 Å². The zero-order chi connectivity index (χ0) is 17.6. The number of nitrogens with zero attached hydrogens (tertiary/aromatic N) is 3. The van der Waals surface area contributed by atoms with Crippen molar-refractivity contribution in [2.45, 2.75) is 6.92 Å². The van der Waals surface area contributed by atoms with Crippen LogP contribution in [-0.2, 0) is 4.74 Å². The van der Waals surface area contributed by atoms with Gasteiger partial charge in [0.05, 0.1) is 17.3 Å². The molecule has 0 atom stereocenters. The summed E-state index contributed by atoms with van der Waals surface area (Å²) in [6.45, 7) is 2.03. The summed E-state index contributed by atoms with van der Waals surface area (Å²) >= 11 is 6.23. The number of aromatic nitrogens is 3. The van der Waals surface area contributed by atoms with Gasteiger partial charge in [-0.25, -0.2) is 14.5 Å². The van der Waals surface area contributed by atoms with Gasteiger partial charge in [-0.3, -0.25) is 0 Å². The number of ether oxygens (including phenoxy) is 1. The zero-order valence-corrected chi connectivity index (χ0v) is 14.3. The maximum atomic E-state index is 12.0. The predicted octanol–water partition coefficient (Wildman–Crippen LogP) is 4.27. The van der Waals surface area contributed by atoms with E-state index in [2.05, 4.69) is 10.1 Å². The first kappa shape index (κ1) is 16.9. The molecule has 0 N–H and O–H groups in total. The van der Waals surface area contributed by atoms with Crippen LogP contribution in [0.3, 0.4) is 0 Å². The Morgan fingerprint density at radius 1 is 1.20 bits per heavy atom. The van der Waals surface area contributed by atoms with E-state index in [0.29, 0.717) is 16.5 Å². The van der Waals surface area contributed by atoms with Gasteiger partial charge >= 0.3 is 5.97 Å². The molecule has 2 heterocycles. The molecule has 0 fully saturated rings. The van der Waals surface area contributed by atoms with Crippen molar-refractivity contribution in [1.29, 1.82) is 0 Å². The minimum atomic E-state index is -0.484. The maximum absolute atomic E-state index is 12.0. The molecule has 0 aliphatic carbocycles. The smallest absolute Gasteiger partial charge is 0.358 e. The highest BCUT2D eigenvalue weighted by Crippen LogP contribution is 2.21. The largest absolute Gasteiger partial charge is 0.461 e. The second kappa shape index (κ2) is 7.77. The third-order valence-corrected chi connectivity index (χ3v) is 3.70. The molecule has 0 unspecified atom stereocenters. The van der Waals surface area contributed by atoms with Gasteiger partial charge in [-0.15, -0.1) is 0 Å². The average molecular weight is 354 g/mol. The first-order valence-electron chi connectivity index (χ1n) is 7.80. The van der Waals surface area contributed by atoms with Crippen LogP contribution in [0.15, 0.2) is 54.7 Å². The van der Waals surface area contributed by atoms with E-state index in [4.69, 9.17) is 16.3 Å². The van der Waals surface area contributed by atoms with Crippen molar-refractivity contribution in [3.05, 3.63) is 76.7 Å². The minimum absolute atomic E-state index is 0.205. The van der Waals surface area contributed by atoms with Crippen molar-refractivity contribution in [1.82, 2.24) is 14.8 Å². The molecule has 0 bridgehead atoms. The Hall–Kier alpha value is -2.92. The quantitative estimate of drug-likeness (QED) is 0.643. The molecule has 0 spiro atoms. The van der Waals surface area contributed by atoms with Crippen molar-refractivity contribution >= 4 is 29.7 Å². The Balaban J connectivity index is 2.04. The lowest BCUT2D eigenvalue weighted by Crippen LogP contribution is -2.07. The van der Waals surface area contributed by atoms with Crippen LogP contribution in [0.2, 0.25) is 5.02 Å². The number of benzene rings is 1. The second-order valence-corrected chi connectivity index (χ2v) is 5.55. The average Bonchev–Trinajstić information content (AvgIpc) is 3.06. The number of carbonyl (C=O) groups is 1. The van der Waals surface area contributed by atoms with Gasteiger partial charge in [0.1, 0.15) is 0 Å². The molecule has 0 radical (unpaired) electrons. The predicted molar refractivity (Wildman–Crippen MR) is 97.7 cm³/mol. The first-order valence-corrected chi connectivity index (χ1v) is 8.18. The van der Waals surface area contributed by atoms with Crippen molar-refractivity contribution in [3.8, 4) is 5.82 Å². The van der Waals surface area contributed by atoms with Crippen LogP contribution in [0.5, 0.6) is 0 Å². The van der Waals surface area contributed by atoms with Gasteiger partial charge < -0.3 is 4.74 Å². The lowest BCUT2D eigenvalue weighted by Gasteiger charge is -2.05. The molecule has 1 aromatic carbocycles. The number of hydrogen-bond acceptors (Lipinski definition) is 4. The minimum Gasteiger partial charge on any atom is -0.461 e. The SMILES string of the molecule is CCOC(=O)c1cc(C=Cc2ccccc2)n(-c2ncccc2Cl)n1. The van der Waals surface area contributed by atoms with E-state index in [9.17, 15) is 4.79 Å². The van der Waals surface area contributed by atoms with Crippen molar-refractivity contribution in [3.63, 3.8) is 0 Å². The molecule has 6 heteroatoms. The van der Waals surface area contributed by atoms with Crippen LogP contribution in [0.25, 0.3) is 18.0 Å². The van der Waals surface area contributed by atoms with Crippen LogP contribution in [0.4, 0.5) is 0 Å². The third-order valence-electron chi connectivity index (χ3n) is 3.41. The third kappa shape index (κ3) is 3.95. The Morgan fingerprint density at radius 2 is 2.00 bits per heavy atom. The normalized spacial score (nSPS) is 11.0. The summed E-state index contributed by atoms with van der Waals surface area (Å²) in [5.74, 6) is -0.0323. The van der Waals surface area contributed by atoms with Crippen molar-refractivity contribution in [2.24, 2.45) is 0 Å². The highest BCUT2D eigenvalue weighted by atomic mass is 35.5. The summed E-state index contributed by atoms with van der Waals surface area (Å²) in [5.41, 5.74) is 1.91. The van der Waals surface area contributed by atoms with Crippen LogP contribution < -0.4 is 0 Å². The number of halogens is 1. The van der Waals surface area contributed by atoms with Gasteiger partial charge in [-0.05, 0) is 36.8 Å².